The summed E-state index contributed by atoms with van der Waals surface area (Å²) < 4.78 is 12.7. The Morgan fingerprint density at radius 3 is 2.45 bits per heavy atom. The first-order valence-corrected chi connectivity index (χ1v) is 7.57. The summed E-state index contributed by atoms with van der Waals surface area (Å²) in [7, 11) is 1.63. The van der Waals surface area contributed by atoms with Crippen LogP contribution in [0.5, 0.6) is 11.5 Å². The van der Waals surface area contributed by atoms with Gasteiger partial charge in [0.05, 0.1) is 18.2 Å². The van der Waals surface area contributed by atoms with Crippen LogP contribution in [0.25, 0.3) is 0 Å². The average Bonchev–Trinajstić information content (AvgIpc) is 2.46. The Morgan fingerprint density at radius 1 is 1.05 bits per heavy atom. The Labute approximate surface area is 134 Å². The molecule has 5 heteroatoms. The molecule has 0 radical (unpaired) electrons. The van der Waals surface area contributed by atoms with Gasteiger partial charge in [0.1, 0.15) is 18.1 Å². The molecule has 0 atom stereocenters. The molecule has 2 aromatic carbocycles. The summed E-state index contributed by atoms with van der Waals surface area (Å²) >= 11 is 6.82. The van der Waals surface area contributed by atoms with Crippen molar-refractivity contribution < 1.29 is 14.6 Å². The van der Waals surface area contributed by atoms with Crippen LogP contribution in [0.2, 0.25) is 0 Å². The molecular weight excluding hydrogens is 388 g/mol. The molecule has 1 N–H and O–H groups in total. The molecular formula is C15H14Br2O3. The normalized spacial score (nSPS) is 10.4. The second kappa shape index (κ2) is 7.11. The average molecular weight is 402 g/mol. The first-order chi connectivity index (χ1) is 9.63. The molecule has 0 unspecified atom stereocenters. The predicted molar refractivity (Wildman–Crippen MR) is 85.1 cm³/mol. The van der Waals surface area contributed by atoms with Crippen LogP contribution in [0, 0.1) is 0 Å². The molecule has 0 saturated carbocycles. The molecule has 0 fully saturated rings. The summed E-state index contributed by atoms with van der Waals surface area (Å²) in [6, 6.07) is 11.4. The maximum absolute atomic E-state index is 9.33. The fraction of sp³-hybridized carbons (Fsp3) is 0.200. The van der Waals surface area contributed by atoms with Gasteiger partial charge in [-0.05, 0) is 51.8 Å². The molecule has 2 rings (SSSR count). The zero-order chi connectivity index (χ0) is 14.5. The summed E-state index contributed by atoms with van der Waals surface area (Å²) in [6.45, 7) is 0.373. The largest absolute Gasteiger partial charge is 0.496 e. The van der Waals surface area contributed by atoms with Crippen LogP contribution >= 0.6 is 31.9 Å². The number of hydrogen-bond donors (Lipinski definition) is 1. The van der Waals surface area contributed by atoms with Crippen molar-refractivity contribution in [3.8, 4) is 11.5 Å². The van der Waals surface area contributed by atoms with Gasteiger partial charge in [0, 0.05) is 10.0 Å². The van der Waals surface area contributed by atoms with Gasteiger partial charge in [-0.1, -0.05) is 22.0 Å². The zero-order valence-corrected chi connectivity index (χ0v) is 14.1. The van der Waals surface area contributed by atoms with Crippen LogP contribution in [-0.2, 0) is 13.2 Å². The molecule has 106 valence electrons. The van der Waals surface area contributed by atoms with Crippen molar-refractivity contribution in [1.82, 2.24) is 0 Å². The summed E-state index contributed by atoms with van der Waals surface area (Å²) in [4.78, 5) is 0. The Bertz CT molecular complexity index is 600. The molecule has 0 aliphatic rings. The third-order valence-electron chi connectivity index (χ3n) is 2.80. The molecule has 2 aromatic rings. The van der Waals surface area contributed by atoms with E-state index >= 15 is 0 Å². The van der Waals surface area contributed by atoms with Crippen molar-refractivity contribution in [2.24, 2.45) is 0 Å². The van der Waals surface area contributed by atoms with Crippen LogP contribution in [-0.4, -0.2) is 12.2 Å². The number of rotatable bonds is 5. The van der Waals surface area contributed by atoms with Gasteiger partial charge in [-0.2, -0.15) is 0 Å². The van der Waals surface area contributed by atoms with E-state index in [1.807, 2.05) is 36.4 Å². The van der Waals surface area contributed by atoms with E-state index in [1.54, 1.807) is 7.11 Å². The van der Waals surface area contributed by atoms with Crippen molar-refractivity contribution in [2.75, 3.05) is 7.11 Å². The first kappa shape index (κ1) is 15.4. The molecule has 0 heterocycles. The minimum absolute atomic E-state index is 0.0545. The Hall–Kier alpha value is -1.04. The topological polar surface area (TPSA) is 38.7 Å². The summed E-state index contributed by atoms with van der Waals surface area (Å²) in [5, 5.41) is 9.33. The molecule has 0 aliphatic heterocycles. The van der Waals surface area contributed by atoms with E-state index in [2.05, 4.69) is 31.9 Å². The monoisotopic (exact) mass is 400 g/mol. The van der Waals surface area contributed by atoms with Crippen molar-refractivity contribution in [1.29, 1.82) is 0 Å². The highest BCUT2D eigenvalue weighted by molar-refractivity contribution is 9.10. The fourth-order valence-corrected chi connectivity index (χ4v) is 2.77. The molecule has 0 spiro atoms. The molecule has 0 amide bonds. The fourth-order valence-electron chi connectivity index (χ4n) is 1.77. The van der Waals surface area contributed by atoms with Crippen molar-refractivity contribution in [3.63, 3.8) is 0 Å². The molecule has 0 aromatic heterocycles. The van der Waals surface area contributed by atoms with Gasteiger partial charge < -0.3 is 14.6 Å². The quantitative estimate of drug-likeness (QED) is 0.811. The van der Waals surface area contributed by atoms with Gasteiger partial charge >= 0.3 is 0 Å². The van der Waals surface area contributed by atoms with Gasteiger partial charge in [-0.3, -0.25) is 0 Å². The Balaban J connectivity index is 2.10. The first-order valence-electron chi connectivity index (χ1n) is 5.98. The zero-order valence-electron chi connectivity index (χ0n) is 10.9. The lowest BCUT2D eigenvalue weighted by Gasteiger charge is -2.11. The standard InChI is InChI=1S/C15H14Br2O3/c1-19-15-4-2-10(6-13(15)17)9-20-14-5-3-12(16)7-11(14)8-18/h2-7,18H,8-9H2,1H3. The predicted octanol–water partition coefficient (Wildman–Crippen LogP) is 4.29. The van der Waals surface area contributed by atoms with Crippen LogP contribution in [0.3, 0.4) is 0 Å². The number of aliphatic hydroxyl groups is 1. The lowest BCUT2D eigenvalue weighted by Crippen LogP contribution is -1.99. The number of methoxy groups -OCH3 is 1. The number of ether oxygens (including phenoxy) is 2. The lowest BCUT2D eigenvalue weighted by atomic mass is 10.2. The van der Waals surface area contributed by atoms with Crippen LogP contribution in [0.4, 0.5) is 0 Å². The van der Waals surface area contributed by atoms with Crippen LogP contribution in [0.15, 0.2) is 45.3 Å². The second-order valence-electron chi connectivity index (χ2n) is 4.17. The maximum atomic E-state index is 9.33. The summed E-state index contributed by atoms with van der Waals surface area (Å²) in [6.07, 6.45) is 0. The second-order valence-corrected chi connectivity index (χ2v) is 5.94. The van der Waals surface area contributed by atoms with Crippen molar-refractivity contribution >= 4 is 31.9 Å². The molecule has 0 saturated heterocycles. The van der Waals surface area contributed by atoms with Crippen LogP contribution in [0.1, 0.15) is 11.1 Å². The third-order valence-corrected chi connectivity index (χ3v) is 3.92. The maximum Gasteiger partial charge on any atom is 0.133 e. The Morgan fingerprint density at radius 2 is 1.80 bits per heavy atom. The smallest absolute Gasteiger partial charge is 0.133 e. The highest BCUT2D eigenvalue weighted by Gasteiger charge is 2.06. The Kier molecular flexibility index (Phi) is 5.46. The molecule has 0 aliphatic carbocycles. The van der Waals surface area contributed by atoms with E-state index in [0.717, 1.165) is 25.8 Å². The SMILES string of the molecule is COc1ccc(COc2ccc(Br)cc2CO)cc1Br. The van der Waals surface area contributed by atoms with Crippen molar-refractivity contribution in [3.05, 3.63) is 56.5 Å². The van der Waals surface area contributed by atoms with Gasteiger partial charge in [-0.25, -0.2) is 0 Å². The lowest BCUT2D eigenvalue weighted by molar-refractivity contribution is 0.259. The minimum atomic E-state index is -0.0545. The number of hydrogen-bond acceptors (Lipinski definition) is 3. The van der Waals surface area contributed by atoms with Crippen molar-refractivity contribution in [2.45, 2.75) is 13.2 Å². The number of halogens is 2. The minimum Gasteiger partial charge on any atom is -0.496 e. The van der Waals surface area contributed by atoms with E-state index in [9.17, 15) is 5.11 Å². The van der Waals surface area contributed by atoms with Gasteiger partial charge in [0.25, 0.3) is 0 Å². The van der Waals surface area contributed by atoms with Gasteiger partial charge in [0.15, 0.2) is 0 Å². The van der Waals surface area contributed by atoms with E-state index in [1.165, 1.54) is 0 Å². The number of aliphatic hydroxyl groups excluding tert-OH is 1. The number of benzene rings is 2. The molecule has 0 bridgehead atoms. The van der Waals surface area contributed by atoms with Gasteiger partial charge in [0.2, 0.25) is 0 Å². The van der Waals surface area contributed by atoms with E-state index in [-0.39, 0.29) is 6.61 Å². The highest BCUT2D eigenvalue weighted by atomic mass is 79.9. The van der Waals surface area contributed by atoms with E-state index in [4.69, 9.17) is 9.47 Å². The summed E-state index contributed by atoms with van der Waals surface area (Å²) in [5.41, 5.74) is 1.77. The van der Waals surface area contributed by atoms with Gasteiger partial charge in [-0.15, -0.1) is 0 Å². The highest BCUT2D eigenvalue weighted by Crippen LogP contribution is 2.27. The van der Waals surface area contributed by atoms with Crippen LogP contribution < -0.4 is 9.47 Å². The molecule has 20 heavy (non-hydrogen) atoms. The third kappa shape index (κ3) is 3.75. The summed E-state index contributed by atoms with van der Waals surface area (Å²) in [5.74, 6) is 1.47. The van der Waals surface area contributed by atoms with E-state index in [0.29, 0.717) is 12.4 Å². The molecule has 3 nitrogen and oxygen atoms in total. The van der Waals surface area contributed by atoms with E-state index < -0.39 is 0 Å².